The number of carbonyl (C=O) groups is 4. The standard InChI is InChI=1S/C18H24FNO5.C18H25NO5.C2H3F/c1-18(2,3)25-17(22)20-15(16(21)23-4)12-13-6-8-14(9-7-13)24-11-5-10-19;1-6-11-23-14-9-7-13(8-10-14)12-15(16(20)22-5)19-17(21)24-18(2,3)4;1-2-3/h5-10,15H,11-12H2,1-4H3,(H,20,22);6-10,15H,1,11-12H2,2-5H3,(H,19,21);2H,1H2/b10-5+;;/i19-1;;3-1. The summed E-state index contributed by atoms with van der Waals surface area (Å²) in [6.07, 6.45) is 2.73. The first-order valence-corrected chi connectivity index (χ1v) is 16.1. The average Bonchev–Trinajstić information content (AvgIpc) is 3.06. The lowest BCUT2D eigenvalue weighted by Crippen LogP contribution is -2.45. The second kappa shape index (κ2) is 24.7. The normalized spacial score (nSPS) is 11.8. The van der Waals surface area contributed by atoms with Crippen LogP contribution in [-0.4, -0.2) is 74.8 Å². The van der Waals surface area contributed by atoms with E-state index in [9.17, 15) is 28.0 Å². The quantitative estimate of drug-likeness (QED) is 0.117. The molecule has 0 saturated heterocycles. The van der Waals surface area contributed by atoms with Crippen LogP contribution < -0.4 is 20.1 Å². The number of carbonyl (C=O) groups excluding carboxylic acids is 4. The molecule has 288 valence electrons. The second-order valence-electron chi connectivity index (χ2n) is 12.6. The van der Waals surface area contributed by atoms with Crippen LogP contribution in [0.25, 0.3) is 0 Å². The van der Waals surface area contributed by atoms with Gasteiger partial charge in [-0.25, -0.2) is 28.0 Å². The molecule has 0 heterocycles. The SMILES string of the molecule is C=CCOc1ccc(CC(NC(=O)OC(C)(C)C)C(=O)OC)cc1.C=C[18F].COC(=O)C(Cc1ccc(OC/C=C/[18F])cc1)NC(=O)OC(C)(C)C. The second-order valence-corrected chi connectivity index (χ2v) is 12.6. The summed E-state index contributed by atoms with van der Waals surface area (Å²) in [5.74, 6) is 0.164. The molecule has 12 nitrogen and oxygen atoms in total. The van der Waals surface area contributed by atoms with Crippen molar-refractivity contribution >= 4 is 24.1 Å². The van der Waals surface area contributed by atoms with Gasteiger partial charge in [-0.15, -0.1) is 0 Å². The lowest BCUT2D eigenvalue weighted by molar-refractivity contribution is -0.143. The van der Waals surface area contributed by atoms with Crippen molar-refractivity contribution in [2.45, 2.75) is 77.7 Å². The molecule has 14 heteroatoms. The maximum Gasteiger partial charge on any atom is 0.408 e. The molecule has 52 heavy (non-hydrogen) atoms. The van der Waals surface area contributed by atoms with Gasteiger partial charge in [-0.1, -0.05) is 43.5 Å². The van der Waals surface area contributed by atoms with E-state index in [1.165, 1.54) is 20.3 Å². The van der Waals surface area contributed by atoms with E-state index in [1.807, 2.05) is 12.1 Å². The number of halogens is 2. The first kappa shape index (κ1) is 46.6. The highest BCUT2D eigenvalue weighted by molar-refractivity contribution is 5.82. The van der Waals surface area contributed by atoms with Gasteiger partial charge in [0.1, 0.15) is 48.0 Å². The Morgan fingerprint density at radius 3 is 1.31 bits per heavy atom. The Labute approximate surface area is 305 Å². The topological polar surface area (TPSA) is 148 Å². The molecule has 0 bridgehead atoms. The van der Waals surface area contributed by atoms with Gasteiger partial charge in [0.15, 0.2) is 0 Å². The number of hydrogen-bond donors (Lipinski definition) is 2. The van der Waals surface area contributed by atoms with Crippen LogP contribution >= 0.6 is 0 Å². The van der Waals surface area contributed by atoms with Crippen LogP contribution in [0, 0.1) is 0 Å². The lowest BCUT2D eigenvalue weighted by Gasteiger charge is -2.22. The number of hydrogen-bond acceptors (Lipinski definition) is 10. The van der Waals surface area contributed by atoms with Crippen molar-refractivity contribution in [3.05, 3.63) is 97.6 Å². The molecule has 0 aromatic heterocycles. The molecule has 0 aliphatic rings. The van der Waals surface area contributed by atoms with Crippen molar-refractivity contribution < 1.29 is 56.4 Å². The van der Waals surface area contributed by atoms with Gasteiger partial charge in [-0.3, -0.25) is 0 Å². The van der Waals surface area contributed by atoms with Crippen LogP contribution in [0.15, 0.2) is 86.5 Å². The highest BCUT2D eigenvalue weighted by atomic mass is 18.2. The van der Waals surface area contributed by atoms with Crippen molar-refractivity contribution in [2.75, 3.05) is 27.4 Å². The van der Waals surface area contributed by atoms with E-state index in [0.717, 1.165) is 11.1 Å². The van der Waals surface area contributed by atoms with Crippen LogP contribution in [-0.2, 0) is 41.4 Å². The number of amides is 2. The summed E-state index contributed by atoms with van der Waals surface area (Å²) < 4.78 is 52.4. The van der Waals surface area contributed by atoms with Gasteiger partial charge in [0, 0.05) is 12.8 Å². The van der Waals surface area contributed by atoms with Crippen LogP contribution in [0.5, 0.6) is 11.5 Å². The summed E-state index contributed by atoms with van der Waals surface area (Å²) in [5.41, 5.74) is 0.333. The maximum absolute atomic E-state index is 11.9. The van der Waals surface area contributed by atoms with Crippen molar-refractivity contribution in [3.8, 4) is 11.5 Å². The summed E-state index contributed by atoms with van der Waals surface area (Å²) in [5, 5.41) is 5.05. The van der Waals surface area contributed by atoms with Gasteiger partial charge in [-0.2, -0.15) is 0 Å². The van der Waals surface area contributed by atoms with E-state index in [2.05, 4.69) is 23.8 Å². The molecule has 2 unspecified atom stereocenters. The van der Waals surface area contributed by atoms with Gasteiger partial charge < -0.3 is 39.1 Å². The number of alkyl carbamates (subject to hydrolysis) is 2. The molecule has 2 amide bonds. The van der Waals surface area contributed by atoms with Crippen molar-refractivity contribution in [3.63, 3.8) is 0 Å². The largest absolute Gasteiger partial charge is 0.490 e. The predicted octanol–water partition coefficient (Wildman–Crippen LogP) is 7.12. The van der Waals surface area contributed by atoms with Crippen molar-refractivity contribution in [2.24, 2.45) is 0 Å². The third-order valence-corrected chi connectivity index (χ3v) is 5.88. The molecule has 0 saturated carbocycles. The van der Waals surface area contributed by atoms with E-state index in [-0.39, 0.29) is 25.8 Å². The Balaban J connectivity index is 0.000000930. The Kier molecular flexibility index (Phi) is 22.1. The van der Waals surface area contributed by atoms with Gasteiger partial charge >= 0.3 is 24.1 Å². The molecular formula is C38H52F2N2O10. The van der Waals surface area contributed by atoms with E-state index in [1.54, 1.807) is 84.0 Å². The number of ether oxygens (including phenoxy) is 6. The molecule has 2 aromatic carbocycles. The first-order chi connectivity index (χ1) is 24.4. The molecule has 2 aromatic rings. The minimum absolute atomic E-state index is 0.126. The molecule has 0 fully saturated rings. The number of methoxy groups -OCH3 is 2. The van der Waals surface area contributed by atoms with E-state index in [0.29, 0.717) is 24.4 Å². The summed E-state index contributed by atoms with van der Waals surface area (Å²) in [6, 6.07) is 12.4. The van der Waals surface area contributed by atoms with Crippen molar-refractivity contribution in [1.29, 1.82) is 0 Å². The third kappa shape index (κ3) is 22.3. The van der Waals surface area contributed by atoms with Crippen molar-refractivity contribution in [1.82, 2.24) is 10.6 Å². The Hall–Kier alpha value is -5.40. The fourth-order valence-corrected chi connectivity index (χ4v) is 3.82. The fourth-order valence-electron chi connectivity index (χ4n) is 3.82. The Morgan fingerprint density at radius 2 is 1.02 bits per heavy atom. The zero-order valence-electron chi connectivity index (χ0n) is 31.2. The summed E-state index contributed by atoms with van der Waals surface area (Å²) in [7, 11) is 2.53. The van der Waals surface area contributed by atoms with E-state index < -0.39 is 47.4 Å². The zero-order chi connectivity index (χ0) is 39.7. The first-order valence-electron chi connectivity index (χ1n) is 16.1. The number of benzene rings is 2. The highest BCUT2D eigenvalue weighted by Gasteiger charge is 2.26. The molecule has 0 aliphatic carbocycles. The van der Waals surface area contributed by atoms with E-state index >= 15 is 0 Å². The molecular weight excluding hydrogens is 680 g/mol. The summed E-state index contributed by atoms with van der Waals surface area (Å²) in [4.78, 5) is 47.6. The molecule has 0 spiro atoms. The number of esters is 2. The monoisotopic (exact) mass is 732 g/mol. The van der Waals surface area contributed by atoms with Crippen LogP contribution in [0.2, 0.25) is 0 Å². The minimum atomic E-state index is -0.874. The van der Waals surface area contributed by atoms with Crippen LogP contribution in [0.3, 0.4) is 0 Å². The predicted molar refractivity (Wildman–Crippen MR) is 193 cm³/mol. The third-order valence-electron chi connectivity index (χ3n) is 5.88. The van der Waals surface area contributed by atoms with Crippen LogP contribution in [0.1, 0.15) is 52.7 Å². The van der Waals surface area contributed by atoms with Gasteiger partial charge in [0.25, 0.3) is 0 Å². The number of rotatable bonds is 14. The van der Waals surface area contributed by atoms with Gasteiger partial charge in [-0.05, 0) is 83.0 Å². The van der Waals surface area contributed by atoms with Crippen LogP contribution in [0.4, 0.5) is 18.4 Å². The zero-order valence-corrected chi connectivity index (χ0v) is 31.2. The smallest absolute Gasteiger partial charge is 0.408 e. The minimum Gasteiger partial charge on any atom is -0.490 e. The van der Waals surface area contributed by atoms with Gasteiger partial charge in [0.05, 0.1) is 26.9 Å². The molecule has 0 aliphatic heterocycles. The Morgan fingerprint density at radius 1 is 0.673 bits per heavy atom. The number of nitrogens with one attached hydrogen (secondary N) is 2. The molecule has 2 rings (SSSR count). The van der Waals surface area contributed by atoms with E-state index in [4.69, 9.17) is 28.4 Å². The summed E-state index contributed by atoms with van der Waals surface area (Å²) in [6.45, 7) is 17.3. The fraction of sp³-hybridized carbons (Fsp3) is 0.421. The molecule has 2 atom stereocenters. The summed E-state index contributed by atoms with van der Waals surface area (Å²) >= 11 is 0. The molecule has 2 N–H and O–H groups in total. The highest BCUT2D eigenvalue weighted by Crippen LogP contribution is 2.16. The van der Waals surface area contributed by atoms with Gasteiger partial charge in [0.2, 0.25) is 0 Å². The lowest BCUT2D eigenvalue weighted by atomic mass is 10.1. The maximum atomic E-state index is 11.9. The molecule has 0 radical (unpaired) electrons. The Bertz CT molecular complexity index is 1420. The average molecular weight is 733 g/mol.